The van der Waals surface area contributed by atoms with Gasteiger partial charge in [-0.3, -0.25) is 9.88 Å². The van der Waals surface area contributed by atoms with E-state index in [1.807, 2.05) is 32.9 Å². The number of hydrogen-bond donors (Lipinski definition) is 1. The summed E-state index contributed by atoms with van der Waals surface area (Å²) in [4.78, 5) is 18.2. The second-order valence-electron chi connectivity index (χ2n) is 5.68. The molecule has 1 aromatic rings. The zero-order chi connectivity index (χ0) is 13.9. The van der Waals surface area contributed by atoms with Crippen molar-refractivity contribution in [3.05, 3.63) is 30.1 Å². The van der Waals surface area contributed by atoms with Gasteiger partial charge in [-0.2, -0.15) is 0 Å². The van der Waals surface area contributed by atoms with E-state index in [0.29, 0.717) is 6.54 Å². The topological polar surface area (TPSA) is 54.5 Å². The number of amides is 1. The second kappa shape index (κ2) is 5.57. The van der Waals surface area contributed by atoms with Crippen molar-refractivity contribution < 1.29 is 9.53 Å². The third kappa shape index (κ3) is 3.67. The Hall–Kier alpha value is -1.62. The van der Waals surface area contributed by atoms with Gasteiger partial charge in [0.05, 0.1) is 6.04 Å². The van der Waals surface area contributed by atoms with E-state index in [1.165, 1.54) is 0 Å². The summed E-state index contributed by atoms with van der Waals surface area (Å²) in [5, 5.41) is 3.30. The number of nitrogens with zero attached hydrogens (tertiary/aromatic N) is 2. The normalized spacial score (nSPS) is 20.2. The Balaban J connectivity index is 2.15. The average Bonchev–Trinajstić information content (AvgIpc) is 2.38. The third-order valence-corrected chi connectivity index (χ3v) is 2.94. The van der Waals surface area contributed by atoms with Gasteiger partial charge >= 0.3 is 6.09 Å². The number of pyridine rings is 1. The summed E-state index contributed by atoms with van der Waals surface area (Å²) in [5.74, 6) is 0. The Labute approximate surface area is 114 Å². The maximum atomic E-state index is 12.3. The molecular weight excluding hydrogens is 242 g/mol. The van der Waals surface area contributed by atoms with Gasteiger partial charge in [-0.25, -0.2) is 4.79 Å². The Morgan fingerprint density at radius 1 is 1.53 bits per heavy atom. The predicted molar refractivity (Wildman–Crippen MR) is 72.8 cm³/mol. The van der Waals surface area contributed by atoms with E-state index in [4.69, 9.17) is 4.74 Å². The monoisotopic (exact) mass is 263 g/mol. The van der Waals surface area contributed by atoms with E-state index in [0.717, 1.165) is 18.7 Å². The van der Waals surface area contributed by atoms with Crippen molar-refractivity contribution in [2.75, 3.05) is 19.6 Å². The molecule has 1 atom stereocenters. The number of nitrogens with one attached hydrogen (secondary N) is 1. The maximum Gasteiger partial charge on any atom is 0.410 e. The molecule has 2 rings (SSSR count). The number of carbonyl (C=O) groups excluding carboxylic acids is 1. The van der Waals surface area contributed by atoms with Crippen molar-refractivity contribution >= 4 is 6.09 Å². The number of rotatable bonds is 1. The molecule has 19 heavy (non-hydrogen) atoms. The molecule has 5 heteroatoms. The van der Waals surface area contributed by atoms with E-state index in [1.54, 1.807) is 17.3 Å². The van der Waals surface area contributed by atoms with Gasteiger partial charge in [0.1, 0.15) is 5.60 Å². The van der Waals surface area contributed by atoms with E-state index in [-0.39, 0.29) is 12.1 Å². The highest BCUT2D eigenvalue weighted by Gasteiger charge is 2.31. The summed E-state index contributed by atoms with van der Waals surface area (Å²) < 4.78 is 5.47. The first-order valence-corrected chi connectivity index (χ1v) is 6.57. The van der Waals surface area contributed by atoms with Crippen LogP contribution in [0.25, 0.3) is 0 Å². The molecule has 1 aromatic heterocycles. The highest BCUT2D eigenvalue weighted by molar-refractivity contribution is 5.69. The molecule has 1 aliphatic heterocycles. The fraction of sp³-hybridized carbons (Fsp3) is 0.571. The molecule has 1 fully saturated rings. The lowest BCUT2D eigenvalue weighted by molar-refractivity contribution is 0.0117. The van der Waals surface area contributed by atoms with Crippen LogP contribution in [0.2, 0.25) is 0 Å². The Kier molecular flexibility index (Phi) is 4.04. The average molecular weight is 263 g/mol. The summed E-state index contributed by atoms with van der Waals surface area (Å²) in [7, 11) is 0. The van der Waals surface area contributed by atoms with Crippen molar-refractivity contribution in [1.29, 1.82) is 0 Å². The van der Waals surface area contributed by atoms with Crippen LogP contribution in [0, 0.1) is 0 Å². The highest BCUT2D eigenvalue weighted by atomic mass is 16.6. The Morgan fingerprint density at radius 3 is 2.95 bits per heavy atom. The lowest BCUT2D eigenvalue weighted by Crippen LogP contribution is -2.50. The predicted octanol–water partition coefficient (Wildman–Crippen LogP) is 1.96. The van der Waals surface area contributed by atoms with Crippen molar-refractivity contribution in [3.63, 3.8) is 0 Å². The zero-order valence-corrected chi connectivity index (χ0v) is 11.7. The molecule has 1 N–H and O–H groups in total. The number of aromatic nitrogens is 1. The van der Waals surface area contributed by atoms with Gasteiger partial charge in [0, 0.05) is 32.0 Å². The van der Waals surface area contributed by atoms with Crippen molar-refractivity contribution in [1.82, 2.24) is 15.2 Å². The van der Waals surface area contributed by atoms with Crippen LogP contribution in [0.1, 0.15) is 32.4 Å². The third-order valence-electron chi connectivity index (χ3n) is 2.94. The van der Waals surface area contributed by atoms with Crippen LogP contribution in [-0.4, -0.2) is 41.2 Å². The van der Waals surface area contributed by atoms with Gasteiger partial charge in [-0.15, -0.1) is 0 Å². The smallest absolute Gasteiger partial charge is 0.410 e. The minimum atomic E-state index is -0.471. The second-order valence-corrected chi connectivity index (χ2v) is 5.68. The van der Waals surface area contributed by atoms with Crippen LogP contribution in [0.15, 0.2) is 24.5 Å². The van der Waals surface area contributed by atoms with Crippen LogP contribution in [0.5, 0.6) is 0 Å². The van der Waals surface area contributed by atoms with E-state index >= 15 is 0 Å². The van der Waals surface area contributed by atoms with E-state index in [9.17, 15) is 4.79 Å². The van der Waals surface area contributed by atoms with Gasteiger partial charge in [0.15, 0.2) is 0 Å². The molecule has 1 aliphatic rings. The number of carbonyl (C=O) groups is 1. The van der Waals surface area contributed by atoms with Crippen molar-refractivity contribution in [2.24, 2.45) is 0 Å². The molecule has 1 unspecified atom stereocenters. The summed E-state index contributed by atoms with van der Waals surface area (Å²) in [6, 6.07) is 3.86. The minimum absolute atomic E-state index is 0.0164. The summed E-state index contributed by atoms with van der Waals surface area (Å²) in [6.45, 7) is 7.81. The van der Waals surface area contributed by atoms with Gasteiger partial charge < -0.3 is 10.1 Å². The molecular formula is C14H21N3O2. The lowest BCUT2D eigenvalue weighted by Gasteiger charge is -2.37. The summed E-state index contributed by atoms with van der Waals surface area (Å²) in [5.41, 5.74) is 0.558. The zero-order valence-electron chi connectivity index (χ0n) is 11.7. The Morgan fingerprint density at radius 2 is 2.32 bits per heavy atom. The molecule has 1 saturated heterocycles. The number of piperazine rings is 1. The quantitative estimate of drug-likeness (QED) is 0.841. The number of ether oxygens (including phenoxy) is 1. The van der Waals surface area contributed by atoms with Crippen LogP contribution in [0.4, 0.5) is 4.79 Å². The molecule has 0 aromatic carbocycles. The molecule has 2 heterocycles. The molecule has 0 saturated carbocycles. The molecule has 0 bridgehead atoms. The fourth-order valence-corrected chi connectivity index (χ4v) is 2.11. The largest absolute Gasteiger partial charge is 0.444 e. The first-order chi connectivity index (χ1) is 8.97. The first-order valence-electron chi connectivity index (χ1n) is 6.57. The van der Waals surface area contributed by atoms with E-state index < -0.39 is 5.60 Å². The van der Waals surface area contributed by atoms with Crippen LogP contribution >= 0.6 is 0 Å². The van der Waals surface area contributed by atoms with Gasteiger partial charge in [-0.1, -0.05) is 6.07 Å². The van der Waals surface area contributed by atoms with Gasteiger partial charge in [0.25, 0.3) is 0 Å². The SMILES string of the molecule is CC(C)(C)OC(=O)N1CCNCC1c1cccnc1. The van der Waals surface area contributed by atoms with Crippen molar-refractivity contribution in [3.8, 4) is 0 Å². The fourth-order valence-electron chi connectivity index (χ4n) is 2.11. The maximum absolute atomic E-state index is 12.3. The van der Waals surface area contributed by atoms with Gasteiger partial charge in [-0.05, 0) is 32.4 Å². The van der Waals surface area contributed by atoms with Crippen LogP contribution in [0.3, 0.4) is 0 Å². The molecule has 5 nitrogen and oxygen atoms in total. The minimum Gasteiger partial charge on any atom is -0.444 e. The van der Waals surface area contributed by atoms with Gasteiger partial charge in [0.2, 0.25) is 0 Å². The molecule has 0 spiro atoms. The molecule has 0 radical (unpaired) electrons. The van der Waals surface area contributed by atoms with E-state index in [2.05, 4.69) is 10.3 Å². The standard InChI is InChI=1S/C14H21N3O2/c1-14(2,3)19-13(18)17-8-7-16-10-12(17)11-5-4-6-15-9-11/h4-6,9,12,16H,7-8,10H2,1-3H3. The Bertz CT molecular complexity index is 428. The summed E-state index contributed by atoms with van der Waals surface area (Å²) in [6.07, 6.45) is 3.27. The van der Waals surface area contributed by atoms with Crippen LogP contribution < -0.4 is 5.32 Å². The molecule has 104 valence electrons. The molecule has 0 aliphatic carbocycles. The van der Waals surface area contributed by atoms with Crippen LogP contribution in [-0.2, 0) is 4.74 Å². The number of hydrogen-bond acceptors (Lipinski definition) is 4. The van der Waals surface area contributed by atoms with Crippen molar-refractivity contribution in [2.45, 2.75) is 32.4 Å². The highest BCUT2D eigenvalue weighted by Crippen LogP contribution is 2.23. The molecule has 1 amide bonds. The summed E-state index contributed by atoms with van der Waals surface area (Å²) >= 11 is 0. The lowest BCUT2D eigenvalue weighted by atomic mass is 10.1. The first kappa shape index (κ1) is 13.8.